The van der Waals surface area contributed by atoms with E-state index < -0.39 is 0 Å². The van der Waals surface area contributed by atoms with E-state index in [1.54, 1.807) is 6.20 Å². The van der Waals surface area contributed by atoms with Gasteiger partial charge in [-0.25, -0.2) is 9.97 Å². The Morgan fingerprint density at radius 1 is 1.33 bits per heavy atom. The predicted molar refractivity (Wildman–Crippen MR) is 76.9 cm³/mol. The summed E-state index contributed by atoms with van der Waals surface area (Å²) < 4.78 is 0. The molecule has 0 aliphatic heterocycles. The second-order valence-corrected chi connectivity index (χ2v) is 4.74. The topological polar surface area (TPSA) is 41.0 Å². The minimum Gasteiger partial charge on any atom is -0.352 e. The number of hydrogen-bond acceptors (Lipinski definition) is 4. The third-order valence-corrected chi connectivity index (χ3v) is 3.18. The van der Waals surface area contributed by atoms with Gasteiger partial charge in [-0.3, -0.25) is 0 Å². The molecular formula is C14H26N4. The molecule has 1 aromatic heterocycles. The third kappa shape index (κ3) is 5.45. The van der Waals surface area contributed by atoms with Crippen molar-refractivity contribution in [3.05, 3.63) is 18.0 Å². The molecule has 0 aromatic carbocycles. The number of aromatic nitrogens is 2. The van der Waals surface area contributed by atoms with Gasteiger partial charge in [-0.2, -0.15) is 0 Å². The number of nitrogens with zero attached hydrogens (tertiary/aromatic N) is 3. The van der Waals surface area contributed by atoms with Gasteiger partial charge in [0.05, 0.1) is 0 Å². The molecule has 4 heteroatoms. The minimum absolute atomic E-state index is 0.419. The van der Waals surface area contributed by atoms with E-state index in [1.165, 1.54) is 13.0 Å². The number of anilines is 1. The molecule has 1 N–H and O–H groups in total. The van der Waals surface area contributed by atoms with Gasteiger partial charge in [0.15, 0.2) is 0 Å². The van der Waals surface area contributed by atoms with E-state index in [0.717, 1.165) is 31.2 Å². The molecule has 0 saturated heterocycles. The molecule has 1 rings (SSSR count). The van der Waals surface area contributed by atoms with Crippen molar-refractivity contribution < 1.29 is 0 Å². The predicted octanol–water partition coefficient (Wildman–Crippen LogP) is 2.71. The van der Waals surface area contributed by atoms with Crippen LogP contribution in [0.5, 0.6) is 0 Å². The Hall–Kier alpha value is -1.16. The fourth-order valence-electron chi connectivity index (χ4n) is 1.97. The molecule has 1 aromatic rings. The normalized spacial score (nSPS) is 12.7. The van der Waals surface area contributed by atoms with Crippen molar-refractivity contribution in [3.63, 3.8) is 0 Å². The van der Waals surface area contributed by atoms with Gasteiger partial charge in [-0.1, -0.05) is 13.8 Å². The van der Waals surface area contributed by atoms with Crippen molar-refractivity contribution in [1.29, 1.82) is 0 Å². The summed E-state index contributed by atoms with van der Waals surface area (Å²) in [7, 11) is 0. The molecule has 0 saturated carbocycles. The molecule has 4 nitrogen and oxygen atoms in total. The van der Waals surface area contributed by atoms with Gasteiger partial charge in [0.1, 0.15) is 0 Å². The molecule has 0 amide bonds. The van der Waals surface area contributed by atoms with Crippen molar-refractivity contribution in [1.82, 2.24) is 14.9 Å². The zero-order valence-electron chi connectivity index (χ0n) is 12.1. The molecule has 0 bridgehead atoms. The SMILES string of the molecule is CCN(CC)CCCC(C)Nc1nccc(C)n1. The first-order chi connectivity index (χ1) is 8.65. The second-order valence-electron chi connectivity index (χ2n) is 4.74. The van der Waals surface area contributed by atoms with Gasteiger partial charge < -0.3 is 10.2 Å². The van der Waals surface area contributed by atoms with E-state index in [4.69, 9.17) is 0 Å². The van der Waals surface area contributed by atoms with E-state index in [0.29, 0.717) is 6.04 Å². The summed E-state index contributed by atoms with van der Waals surface area (Å²) in [6.07, 6.45) is 4.16. The van der Waals surface area contributed by atoms with Crippen LogP contribution in [0.3, 0.4) is 0 Å². The van der Waals surface area contributed by atoms with Crippen LogP contribution in [0, 0.1) is 6.92 Å². The fraction of sp³-hybridized carbons (Fsp3) is 0.714. The second kappa shape index (κ2) is 8.03. The van der Waals surface area contributed by atoms with E-state index in [2.05, 4.69) is 41.0 Å². The molecule has 0 aliphatic carbocycles. The summed E-state index contributed by atoms with van der Waals surface area (Å²) in [5.41, 5.74) is 1.00. The Bertz CT molecular complexity index is 336. The summed E-state index contributed by atoms with van der Waals surface area (Å²) >= 11 is 0. The lowest BCUT2D eigenvalue weighted by atomic mass is 10.2. The van der Waals surface area contributed by atoms with Crippen molar-refractivity contribution >= 4 is 5.95 Å². The number of rotatable bonds is 8. The van der Waals surface area contributed by atoms with Gasteiger partial charge in [-0.15, -0.1) is 0 Å². The highest BCUT2D eigenvalue weighted by Gasteiger charge is 2.05. The first-order valence-corrected chi connectivity index (χ1v) is 6.94. The molecule has 0 spiro atoms. The van der Waals surface area contributed by atoms with Crippen LogP contribution in [0.4, 0.5) is 5.95 Å². The summed E-state index contributed by atoms with van der Waals surface area (Å²) in [5.74, 6) is 0.741. The first kappa shape index (κ1) is 14.9. The average molecular weight is 250 g/mol. The van der Waals surface area contributed by atoms with E-state index in [-0.39, 0.29) is 0 Å². The minimum atomic E-state index is 0.419. The smallest absolute Gasteiger partial charge is 0.223 e. The monoisotopic (exact) mass is 250 g/mol. The highest BCUT2D eigenvalue weighted by Crippen LogP contribution is 2.06. The zero-order chi connectivity index (χ0) is 13.4. The number of aryl methyl sites for hydroxylation is 1. The third-order valence-electron chi connectivity index (χ3n) is 3.18. The molecule has 18 heavy (non-hydrogen) atoms. The standard InChI is InChI=1S/C14H26N4/c1-5-18(6-2)11-7-8-12(3)16-14-15-10-9-13(4)17-14/h9-10,12H,5-8,11H2,1-4H3,(H,15,16,17). The molecule has 0 radical (unpaired) electrons. The largest absolute Gasteiger partial charge is 0.352 e. The van der Waals surface area contributed by atoms with Gasteiger partial charge >= 0.3 is 0 Å². The molecule has 0 fully saturated rings. The van der Waals surface area contributed by atoms with Crippen LogP contribution in [-0.4, -0.2) is 40.5 Å². The molecule has 102 valence electrons. The van der Waals surface area contributed by atoms with Crippen LogP contribution < -0.4 is 5.32 Å². The summed E-state index contributed by atoms with van der Waals surface area (Å²) in [4.78, 5) is 11.0. The zero-order valence-corrected chi connectivity index (χ0v) is 12.1. The molecule has 1 atom stereocenters. The maximum atomic E-state index is 4.36. The van der Waals surface area contributed by atoms with Crippen molar-refractivity contribution in [2.75, 3.05) is 25.0 Å². The maximum absolute atomic E-state index is 4.36. The van der Waals surface area contributed by atoms with Crippen molar-refractivity contribution in [3.8, 4) is 0 Å². The number of nitrogens with one attached hydrogen (secondary N) is 1. The van der Waals surface area contributed by atoms with E-state index in [9.17, 15) is 0 Å². The Labute approximate surface area is 111 Å². The molecule has 1 unspecified atom stereocenters. The molecule has 1 heterocycles. The first-order valence-electron chi connectivity index (χ1n) is 6.94. The Morgan fingerprint density at radius 3 is 2.67 bits per heavy atom. The fourth-order valence-corrected chi connectivity index (χ4v) is 1.97. The molecular weight excluding hydrogens is 224 g/mol. The van der Waals surface area contributed by atoms with Crippen LogP contribution in [0.1, 0.15) is 39.3 Å². The van der Waals surface area contributed by atoms with Crippen LogP contribution in [0.15, 0.2) is 12.3 Å². The van der Waals surface area contributed by atoms with Crippen LogP contribution >= 0.6 is 0 Å². The number of hydrogen-bond donors (Lipinski definition) is 1. The van der Waals surface area contributed by atoms with Crippen LogP contribution in [-0.2, 0) is 0 Å². The summed E-state index contributed by atoms with van der Waals surface area (Å²) in [6.45, 7) is 12.1. The maximum Gasteiger partial charge on any atom is 0.223 e. The highest BCUT2D eigenvalue weighted by atomic mass is 15.1. The Kier molecular flexibility index (Phi) is 6.65. The summed E-state index contributed by atoms with van der Waals surface area (Å²) in [5, 5.41) is 3.35. The van der Waals surface area contributed by atoms with Crippen molar-refractivity contribution in [2.45, 2.75) is 46.6 Å². The lowest BCUT2D eigenvalue weighted by molar-refractivity contribution is 0.295. The highest BCUT2D eigenvalue weighted by molar-refractivity contribution is 5.25. The Morgan fingerprint density at radius 2 is 2.06 bits per heavy atom. The quantitative estimate of drug-likeness (QED) is 0.770. The molecule has 0 aliphatic rings. The lowest BCUT2D eigenvalue weighted by Gasteiger charge is -2.19. The van der Waals surface area contributed by atoms with Crippen LogP contribution in [0.25, 0.3) is 0 Å². The van der Waals surface area contributed by atoms with Gasteiger partial charge in [0.25, 0.3) is 0 Å². The van der Waals surface area contributed by atoms with Gasteiger partial charge in [0.2, 0.25) is 5.95 Å². The average Bonchev–Trinajstić information content (AvgIpc) is 2.34. The van der Waals surface area contributed by atoms with Crippen molar-refractivity contribution in [2.24, 2.45) is 0 Å². The van der Waals surface area contributed by atoms with E-state index >= 15 is 0 Å². The van der Waals surface area contributed by atoms with Gasteiger partial charge in [-0.05, 0) is 52.4 Å². The van der Waals surface area contributed by atoms with E-state index in [1.807, 2.05) is 13.0 Å². The summed E-state index contributed by atoms with van der Waals surface area (Å²) in [6, 6.07) is 2.33. The Balaban J connectivity index is 2.27. The van der Waals surface area contributed by atoms with Gasteiger partial charge in [0, 0.05) is 17.9 Å². The van der Waals surface area contributed by atoms with Crippen LogP contribution in [0.2, 0.25) is 0 Å². The lowest BCUT2D eigenvalue weighted by Crippen LogP contribution is -2.26.